The van der Waals surface area contributed by atoms with Crippen LogP contribution in [0.2, 0.25) is 10.0 Å². The molecule has 1 aromatic carbocycles. The van der Waals surface area contributed by atoms with Crippen LogP contribution in [0.25, 0.3) is 0 Å². The predicted molar refractivity (Wildman–Crippen MR) is 163 cm³/mol. The number of ether oxygens (including phenoxy) is 1. The molecule has 2 aromatic rings. The van der Waals surface area contributed by atoms with Crippen molar-refractivity contribution in [2.75, 3.05) is 25.5 Å². The van der Waals surface area contributed by atoms with Gasteiger partial charge in [-0.05, 0) is 55.3 Å². The summed E-state index contributed by atoms with van der Waals surface area (Å²) < 4.78 is 5.46. The lowest BCUT2D eigenvalue weighted by molar-refractivity contribution is -0.146. The Labute approximate surface area is 278 Å². The molecule has 1 atom stereocenters. The van der Waals surface area contributed by atoms with Crippen LogP contribution in [0.5, 0.6) is 0 Å². The minimum atomic E-state index is -0.686. The molecule has 228 valence electrons. The number of pyridine rings is 1. The smallest absolute Gasteiger partial charge is 0.328 e. The quantitative estimate of drug-likeness (QED) is 0.302. The highest BCUT2D eigenvalue weighted by Gasteiger charge is 2.55. The Bertz CT molecular complexity index is 1460. The molecule has 0 unspecified atom stereocenters. The van der Waals surface area contributed by atoms with Crippen LogP contribution in [-0.2, 0) is 20.7 Å². The fraction of sp³-hybridized carbons (Fsp3) is 0.375. The summed E-state index contributed by atoms with van der Waals surface area (Å²) in [5.41, 5.74) is 3.52. The van der Waals surface area contributed by atoms with Gasteiger partial charge in [0.2, 0.25) is 0 Å². The lowest BCUT2D eigenvalue weighted by Crippen LogP contribution is -3.00. The van der Waals surface area contributed by atoms with E-state index in [-0.39, 0.29) is 57.9 Å². The Morgan fingerprint density at radius 3 is 2.40 bits per heavy atom. The fourth-order valence-electron chi connectivity index (χ4n) is 6.03. The van der Waals surface area contributed by atoms with Crippen molar-refractivity contribution >= 4 is 46.5 Å². The zero-order valence-electron chi connectivity index (χ0n) is 24.1. The highest BCUT2D eigenvalue weighted by molar-refractivity contribution is 6.40. The van der Waals surface area contributed by atoms with E-state index in [0.717, 1.165) is 48.9 Å². The largest absolute Gasteiger partial charge is 1.00 e. The number of esters is 1. The van der Waals surface area contributed by atoms with Gasteiger partial charge in [0.05, 0.1) is 27.6 Å². The van der Waals surface area contributed by atoms with Crippen molar-refractivity contribution in [2.45, 2.75) is 51.5 Å². The highest BCUT2D eigenvalue weighted by atomic mass is 127. The number of ketones is 1. The monoisotopic (exact) mass is 735 g/mol. The number of carbonyl (C=O) groups is 3. The molecule has 2 heterocycles. The van der Waals surface area contributed by atoms with Crippen LogP contribution in [0.1, 0.15) is 54.9 Å². The molecule has 1 spiro atoms. The number of hydrogen-bond acceptors (Lipinski definition) is 7. The zero-order chi connectivity index (χ0) is 29.9. The molecular weight excluding hydrogens is 702 g/mol. The van der Waals surface area contributed by atoms with E-state index >= 15 is 0 Å². The molecule has 43 heavy (non-hydrogen) atoms. The van der Waals surface area contributed by atoms with Gasteiger partial charge in [-0.15, -0.1) is 0 Å². The van der Waals surface area contributed by atoms with E-state index in [2.05, 4.69) is 15.6 Å². The van der Waals surface area contributed by atoms with E-state index < -0.39 is 17.4 Å². The minimum Gasteiger partial charge on any atom is -1.00 e. The third kappa shape index (κ3) is 6.94. The van der Waals surface area contributed by atoms with Crippen molar-refractivity contribution in [1.82, 2.24) is 15.2 Å². The lowest BCUT2D eigenvalue weighted by Gasteiger charge is -2.48. The molecular formula is C32H34Cl2IN4O4-. The summed E-state index contributed by atoms with van der Waals surface area (Å²) in [6.45, 7) is 2.66. The van der Waals surface area contributed by atoms with Gasteiger partial charge >= 0.3 is 5.97 Å². The van der Waals surface area contributed by atoms with Gasteiger partial charge < -0.3 is 44.2 Å². The molecule has 1 amide bonds. The Morgan fingerprint density at radius 2 is 1.77 bits per heavy atom. The Balaban J connectivity index is 0.00000423. The maximum absolute atomic E-state index is 13.7. The van der Waals surface area contributed by atoms with Crippen LogP contribution in [-0.4, -0.2) is 53.8 Å². The van der Waals surface area contributed by atoms with Gasteiger partial charge in [0, 0.05) is 49.4 Å². The first-order valence-corrected chi connectivity index (χ1v) is 15.0. The van der Waals surface area contributed by atoms with Gasteiger partial charge in [-0.3, -0.25) is 14.6 Å². The molecule has 0 radical (unpaired) electrons. The molecule has 2 aliphatic carbocycles. The Morgan fingerprint density at radius 1 is 1.09 bits per heavy atom. The van der Waals surface area contributed by atoms with Crippen molar-refractivity contribution in [3.8, 4) is 0 Å². The first-order valence-electron chi connectivity index (χ1n) is 14.2. The molecule has 3 aliphatic rings. The number of likely N-dealkylation sites (N-methyl/N-ethyl adjacent to an activating group) is 1. The topological polar surface area (TPSA) is 101 Å². The van der Waals surface area contributed by atoms with Gasteiger partial charge in [0.25, 0.3) is 5.91 Å². The highest BCUT2D eigenvalue weighted by Crippen LogP contribution is 2.53. The van der Waals surface area contributed by atoms with Gasteiger partial charge in [-0.25, -0.2) is 4.79 Å². The van der Waals surface area contributed by atoms with Crippen LogP contribution in [0.4, 0.5) is 5.69 Å². The number of halogens is 3. The van der Waals surface area contributed by atoms with Crippen LogP contribution in [0.3, 0.4) is 0 Å². The van der Waals surface area contributed by atoms with E-state index in [1.165, 1.54) is 12.4 Å². The summed E-state index contributed by atoms with van der Waals surface area (Å²) >= 11 is 12.2. The summed E-state index contributed by atoms with van der Waals surface area (Å²) in [6.07, 6.45) is 13.6. The molecule has 1 saturated carbocycles. The maximum atomic E-state index is 13.7. The van der Waals surface area contributed by atoms with Crippen molar-refractivity contribution in [2.24, 2.45) is 5.41 Å². The second kappa shape index (κ2) is 14.3. The summed E-state index contributed by atoms with van der Waals surface area (Å²) in [4.78, 5) is 45.6. The SMILES string of the molecule is CCOC(=O)[C@H](Cc1ccc(NC(=O)c2c(Cl)cncc2Cl)cc1)NC1=C(C2=CC=CN(C)C2)C(=O)C12CCCCC2.[I-]. The standard InChI is InChI=1S/C32H34Cl2N4O4.HI/c1-3-42-31(41)25(16-20-9-11-22(12-10-20)36-30(40)27-23(33)17-35-18-24(27)34)37-28-26(21-8-7-15-38(2)19-21)29(39)32(28)13-5-4-6-14-32;/h7-12,15,17-18,25,37H,3-6,13-14,16,19H2,1-2H3,(H,36,40);1H/p-1/t25-;/m0./s1. The molecule has 1 aliphatic heterocycles. The normalized spacial score (nSPS) is 17.9. The molecule has 2 N–H and O–H groups in total. The van der Waals surface area contributed by atoms with Crippen LogP contribution in [0, 0.1) is 5.41 Å². The predicted octanol–water partition coefficient (Wildman–Crippen LogP) is 2.88. The second-order valence-corrected chi connectivity index (χ2v) is 11.8. The summed E-state index contributed by atoms with van der Waals surface area (Å²) in [6, 6.07) is 6.52. The number of benzene rings is 1. The van der Waals surface area contributed by atoms with Crippen molar-refractivity contribution < 1.29 is 43.1 Å². The molecule has 8 nitrogen and oxygen atoms in total. The number of amides is 1. The van der Waals surface area contributed by atoms with E-state index in [1.807, 2.05) is 42.4 Å². The van der Waals surface area contributed by atoms with Gasteiger partial charge in [-0.2, -0.15) is 0 Å². The first kappa shape index (κ1) is 33.0. The third-order valence-corrected chi connectivity index (χ3v) is 8.67. The average molecular weight is 736 g/mol. The summed E-state index contributed by atoms with van der Waals surface area (Å²) in [5.74, 6) is -0.643. The number of nitrogens with one attached hydrogen (secondary N) is 2. The van der Waals surface area contributed by atoms with Crippen LogP contribution >= 0.6 is 23.2 Å². The van der Waals surface area contributed by atoms with E-state index in [9.17, 15) is 14.4 Å². The van der Waals surface area contributed by atoms with Crippen LogP contribution in [0.15, 0.2) is 71.9 Å². The molecule has 0 bridgehead atoms. The zero-order valence-corrected chi connectivity index (χ0v) is 27.8. The Kier molecular flexibility index (Phi) is 10.9. The van der Waals surface area contributed by atoms with E-state index in [4.69, 9.17) is 27.9 Å². The minimum absolute atomic E-state index is 0. The molecule has 5 rings (SSSR count). The van der Waals surface area contributed by atoms with E-state index in [0.29, 0.717) is 24.2 Å². The number of aromatic nitrogens is 1. The molecule has 0 saturated heterocycles. The molecule has 1 fully saturated rings. The second-order valence-electron chi connectivity index (χ2n) is 11.0. The maximum Gasteiger partial charge on any atom is 0.328 e. The number of rotatable bonds is 9. The lowest BCUT2D eigenvalue weighted by atomic mass is 9.57. The number of Topliss-reactive ketones (excluding diaryl/α,β-unsaturated/α-hetero) is 1. The molecule has 11 heteroatoms. The van der Waals surface area contributed by atoms with Gasteiger partial charge in [0.1, 0.15) is 6.04 Å². The van der Waals surface area contributed by atoms with Crippen molar-refractivity contribution in [1.29, 1.82) is 0 Å². The van der Waals surface area contributed by atoms with Crippen molar-refractivity contribution in [3.63, 3.8) is 0 Å². The number of nitrogens with zero attached hydrogens (tertiary/aromatic N) is 2. The summed E-state index contributed by atoms with van der Waals surface area (Å²) in [7, 11) is 1.98. The third-order valence-electron chi connectivity index (χ3n) is 8.10. The number of allylic oxidation sites excluding steroid dienone is 3. The number of carbonyl (C=O) groups excluding carboxylic acids is 3. The first-order chi connectivity index (χ1) is 20.2. The van der Waals surface area contributed by atoms with E-state index in [1.54, 1.807) is 19.1 Å². The van der Waals surface area contributed by atoms with Gasteiger partial charge in [0.15, 0.2) is 5.78 Å². The summed E-state index contributed by atoms with van der Waals surface area (Å²) in [5, 5.41) is 6.63. The number of anilines is 1. The van der Waals surface area contributed by atoms with Crippen LogP contribution < -0.4 is 34.6 Å². The van der Waals surface area contributed by atoms with Crippen molar-refractivity contribution in [3.05, 3.63) is 93.0 Å². The van der Waals surface area contributed by atoms with Gasteiger partial charge in [-0.1, -0.05) is 60.7 Å². The Hall–Kier alpha value is -2.89. The molecule has 1 aromatic heterocycles. The average Bonchev–Trinajstić information content (AvgIpc) is 2.97. The fourth-order valence-corrected chi connectivity index (χ4v) is 6.56. The number of hydrogen-bond donors (Lipinski definition) is 2.